The van der Waals surface area contributed by atoms with Crippen molar-refractivity contribution in [3.8, 4) is 0 Å². The second-order valence-electron chi connectivity index (χ2n) is 3.21. The van der Waals surface area contributed by atoms with E-state index < -0.39 is 12.2 Å². The molecule has 0 bridgehead atoms. The minimum absolute atomic E-state index is 0.0576. The fraction of sp³-hybridized carbons (Fsp3) is 0.444. The molecular formula is C9H12ClN3O3. The normalized spacial score (nSPS) is 14.2. The van der Waals surface area contributed by atoms with E-state index in [4.69, 9.17) is 11.6 Å². The van der Waals surface area contributed by atoms with Gasteiger partial charge in [0, 0.05) is 25.9 Å². The summed E-state index contributed by atoms with van der Waals surface area (Å²) in [7, 11) is 0. The molecule has 0 aromatic carbocycles. The Labute approximate surface area is 97.3 Å². The minimum Gasteiger partial charge on any atom is -0.388 e. The highest BCUT2D eigenvalue weighted by Gasteiger charge is 2.20. The Hall–Kier alpha value is -1.24. The molecule has 6 nitrogen and oxygen atoms in total. The SMILES string of the molecule is CC(=O)NCC(O)C(O)c1ncc(Cl)cn1. The number of carbonyl (C=O) groups excluding carboxylic acids is 1. The Morgan fingerprint density at radius 1 is 1.50 bits per heavy atom. The molecule has 16 heavy (non-hydrogen) atoms. The summed E-state index contributed by atoms with van der Waals surface area (Å²) >= 11 is 5.57. The average molecular weight is 246 g/mol. The molecule has 0 fully saturated rings. The van der Waals surface area contributed by atoms with Crippen molar-refractivity contribution in [1.29, 1.82) is 0 Å². The molecular weight excluding hydrogens is 234 g/mol. The van der Waals surface area contributed by atoms with Crippen LogP contribution in [-0.2, 0) is 4.79 Å². The zero-order valence-electron chi connectivity index (χ0n) is 8.59. The number of halogens is 1. The van der Waals surface area contributed by atoms with Gasteiger partial charge in [0.05, 0.1) is 5.02 Å². The summed E-state index contributed by atoms with van der Waals surface area (Å²) in [5, 5.41) is 21.9. The van der Waals surface area contributed by atoms with Crippen molar-refractivity contribution in [2.24, 2.45) is 0 Å². The summed E-state index contributed by atoms with van der Waals surface area (Å²) in [5.41, 5.74) is 0. The molecule has 1 aromatic rings. The average Bonchev–Trinajstić information content (AvgIpc) is 2.26. The molecule has 3 N–H and O–H groups in total. The molecule has 2 atom stereocenters. The van der Waals surface area contributed by atoms with E-state index in [0.717, 1.165) is 0 Å². The van der Waals surface area contributed by atoms with Gasteiger partial charge in [-0.3, -0.25) is 4.79 Å². The lowest BCUT2D eigenvalue weighted by Gasteiger charge is -2.16. The summed E-state index contributed by atoms with van der Waals surface area (Å²) in [4.78, 5) is 18.1. The zero-order valence-corrected chi connectivity index (χ0v) is 9.35. The van der Waals surface area contributed by atoms with Gasteiger partial charge in [-0.1, -0.05) is 11.6 Å². The lowest BCUT2D eigenvalue weighted by molar-refractivity contribution is -0.119. The van der Waals surface area contributed by atoms with E-state index in [1.807, 2.05) is 0 Å². The lowest BCUT2D eigenvalue weighted by atomic mass is 10.2. The second-order valence-corrected chi connectivity index (χ2v) is 3.65. The van der Waals surface area contributed by atoms with Gasteiger partial charge < -0.3 is 15.5 Å². The van der Waals surface area contributed by atoms with Crippen LogP contribution in [0.2, 0.25) is 5.02 Å². The fourth-order valence-corrected chi connectivity index (χ4v) is 1.10. The van der Waals surface area contributed by atoms with Crippen molar-refractivity contribution in [2.75, 3.05) is 6.54 Å². The number of carbonyl (C=O) groups is 1. The highest BCUT2D eigenvalue weighted by Crippen LogP contribution is 2.13. The molecule has 2 unspecified atom stereocenters. The van der Waals surface area contributed by atoms with Gasteiger partial charge in [0.15, 0.2) is 5.82 Å². The summed E-state index contributed by atoms with van der Waals surface area (Å²) in [6.45, 7) is 1.25. The van der Waals surface area contributed by atoms with Crippen LogP contribution in [0.4, 0.5) is 0 Å². The molecule has 0 saturated heterocycles. The maximum atomic E-state index is 10.6. The van der Waals surface area contributed by atoms with E-state index in [1.54, 1.807) is 0 Å². The number of hydrogen-bond donors (Lipinski definition) is 3. The number of amides is 1. The number of aromatic nitrogens is 2. The molecule has 0 radical (unpaired) electrons. The second kappa shape index (κ2) is 5.74. The first-order valence-electron chi connectivity index (χ1n) is 4.58. The van der Waals surface area contributed by atoms with Gasteiger partial charge in [-0.05, 0) is 0 Å². The Morgan fingerprint density at radius 2 is 2.06 bits per heavy atom. The maximum Gasteiger partial charge on any atom is 0.216 e. The van der Waals surface area contributed by atoms with Crippen LogP contribution < -0.4 is 5.32 Å². The summed E-state index contributed by atoms with van der Waals surface area (Å²) in [6, 6.07) is 0. The minimum atomic E-state index is -1.26. The van der Waals surface area contributed by atoms with E-state index in [2.05, 4.69) is 15.3 Å². The third-order valence-corrected chi connectivity index (χ3v) is 2.02. The third-order valence-electron chi connectivity index (χ3n) is 1.83. The van der Waals surface area contributed by atoms with Gasteiger partial charge in [-0.25, -0.2) is 9.97 Å². The molecule has 88 valence electrons. The van der Waals surface area contributed by atoms with Crippen LogP contribution in [0.3, 0.4) is 0 Å². The van der Waals surface area contributed by atoms with Crippen LogP contribution in [0.1, 0.15) is 18.9 Å². The van der Waals surface area contributed by atoms with Crippen LogP contribution in [0.15, 0.2) is 12.4 Å². The van der Waals surface area contributed by atoms with E-state index in [-0.39, 0.29) is 18.3 Å². The summed E-state index contributed by atoms with van der Waals surface area (Å²) < 4.78 is 0. The number of hydrogen-bond acceptors (Lipinski definition) is 5. The molecule has 1 heterocycles. The largest absolute Gasteiger partial charge is 0.388 e. The molecule has 0 aliphatic rings. The molecule has 1 rings (SSSR count). The molecule has 0 spiro atoms. The first kappa shape index (κ1) is 12.8. The number of aliphatic hydroxyl groups is 2. The quantitative estimate of drug-likeness (QED) is 0.675. The predicted octanol–water partition coefficient (Wildman–Crippen LogP) is -0.340. The van der Waals surface area contributed by atoms with Crippen LogP contribution >= 0.6 is 11.6 Å². The highest BCUT2D eigenvalue weighted by molar-refractivity contribution is 6.30. The van der Waals surface area contributed by atoms with Crippen molar-refractivity contribution in [3.63, 3.8) is 0 Å². The van der Waals surface area contributed by atoms with Gasteiger partial charge in [-0.15, -0.1) is 0 Å². The summed E-state index contributed by atoms with van der Waals surface area (Å²) in [5.74, 6) is -0.231. The molecule has 1 aromatic heterocycles. The van der Waals surface area contributed by atoms with E-state index in [1.165, 1.54) is 19.3 Å². The molecule has 1 amide bonds. The van der Waals surface area contributed by atoms with Crippen molar-refractivity contribution in [3.05, 3.63) is 23.2 Å². The standard InChI is InChI=1S/C9H12ClN3O3/c1-5(14)11-4-7(15)8(16)9-12-2-6(10)3-13-9/h2-3,7-8,15-16H,4H2,1H3,(H,11,14). The van der Waals surface area contributed by atoms with Crippen LogP contribution in [0, 0.1) is 0 Å². The van der Waals surface area contributed by atoms with Crippen LogP contribution in [-0.4, -0.2) is 38.7 Å². The monoisotopic (exact) mass is 245 g/mol. The molecule has 7 heteroatoms. The zero-order chi connectivity index (χ0) is 12.1. The first-order valence-corrected chi connectivity index (χ1v) is 4.96. The Kier molecular flexibility index (Phi) is 4.60. The molecule has 0 aliphatic carbocycles. The fourth-order valence-electron chi connectivity index (χ4n) is 1.01. The number of nitrogens with one attached hydrogen (secondary N) is 1. The third kappa shape index (κ3) is 3.73. The Bertz CT molecular complexity index is 358. The van der Waals surface area contributed by atoms with E-state index in [0.29, 0.717) is 5.02 Å². The van der Waals surface area contributed by atoms with Crippen LogP contribution in [0.5, 0.6) is 0 Å². The topological polar surface area (TPSA) is 95.3 Å². The smallest absolute Gasteiger partial charge is 0.216 e. The molecule has 0 saturated carbocycles. The first-order chi connectivity index (χ1) is 7.50. The Balaban J connectivity index is 2.59. The van der Waals surface area contributed by atoms with Crippen molar-refractivity contribution in [1.82, 2.24) is 15.3 Å². The molecule has 0 aliphatic heterocycles. The van der Waals surface area contributed by atoms with Crippen molar-refractivity contribution >= 4 is 17.5 Å². The van der Waals surface area contributed by atoms with Gasteiger partial charge in [0.25, 0.3) is 0 Å². The highest BCUT2D eigenvalue weighted by atomic mass is 35.5. The Morgan fingerprint density at radius 3 is 2.56 bits per heavy atom. The maximum absolute atomic E-state index is 10.6. The number of rotatable bonds is 4. The number of aliphatic hydroxyl groups excluding tert-OH is 2. The lowest BCUT2D eigenvalue weighted by Crippen LogP contribution is -2.34. The van der Waals surface area contributed by atoms with Crippen molar-refractivity contribution in [2.45, 2.75) is 19.1 Å². The van der Waals surface area contributed by atoms with Gasteiger partial charge in [-0.2, -0.15) is 0 Å². The summed E-state index contributed by atoms with van der Waals surface area (Å²) in [6.07, 6.45) is 0.213. The predicted molar refractivity (Wildman–Crippen MR) is 56.7 cm³/mol. The van der Waals surface area contributed by atoms with Gasteiger partial charge in [0.2, 0.25) is 5.91 Å². The van der Waals surface area contributed by atoms with Gasteiger partial charge >= 0.3 is 0 Å². The number of nitrogens with zero attached hydrogens (tertiary/aromatic N) is 2. The van der Waals surface area contributed by atoms with Crippen molar-refractivity contribution < 1.29 is 15.0 Å². The van der Waals surface area contributed by atoms with E-state index in [9.17, 15) is 15.0 Å². The van der Waals surface area contributed by atoms with Crippen LogP contribution in [0.25, 0.3) is 0 Å². The van der Waals surface area contributed by atoms with Gasteiger partial charge in [0.1, 0.15) is 12.2 Å². The van der Waals surface area contributed by atoms with E-state index >= 15 is 0 Å².